The van der Waals surface area contributed by atoms with Gasteiger partial charge < -0.3 is 4.57 Å². The first-order valence-electron chi connectivity index (χ1n) is 14.2. The molecule has 0 spiro atoms. The number of fused-ring (bicyclic) bond motifs is 3. The lowest BCUT2D eigenvalue weighted by atomic mass is 9.82. The first kappa shape index (κ1) is 25.0. The van der Waals surface area contributed by atoms with Crippen molar-refractivity contribution in [3.63, 3.8) is 0 Å². The molecule has 5 aromatic carbocycles. The molecule has 0 fully saturated rings. The van der Waals surface area contributed by atoms with Crippen LogP contribution in [0.1, 0.15) is 26.3 Å². The molecule has 7 rings (SSSR count). The average molecular weight is 529 g/mol. The Bertz CT molecular complexity index is 1950. The first-order chi connectivity index (χ1) is 20.0. The fourth-order valence-electron chi connectivity index (χ4n) is 5.97. The highest BCUT2D eigenvalue weighted by Gasteiger charge is 2.20. The fraction of sp³-hybridized carbons (Fsp3) is 0.103. The second kappa shape index (κ2) is 9.91. The zero-order valence-corrected chi connectivity index (χ0v) is 23.7. The van der Waals surface area contributed by atoms with Crippen molar-refractivity contribution in [2.45, 2.75) is 26.2 Å². The van der Waals surface area contributed by atoms with Crippen LogP contribution in [-0.4, -0.2) is 9.55 Å². The molecule has 0 atom stereocenters. The van der Waals surface area contributed by atoms with Crippen molar-refractivity contribution >= 4 is 21.8 Å². The molecular weight excluding hydrogens is 496 g/mol. The highest BCUT2D eigenvalue weighted by molar-refractivity contribution is 6.10. The fourth-order valence-corrected chi connectivity index (χ4v) is 5.97. The summed E-state index contributed by atoms with van der Waals surface area (Å²) >= 11 is 0. The van der Waals surface area contributed by atoms with Crippen LogP contribution >= 0.6 is 0 Å². The van der Waals surface area contributed by atoms with Crippen LogP contribution < -0.4 is 0 Å². The standard InChI is InChI=1S/C39H32N2/c1-39(2,3)34-20-12-10-18-31(34)29-22-23-38-33(24-29)32-19-11-13-21-37(32)41(38)30-25-35(27-14-6-4-7-15-27)40-36(26-30)28-16-8-5-9-17-28/h4-26H,1-3H3. The van der Waals surface area contributed by atoms with Gasteiger partial charge in [-0.15, -0.1) is 0 Å². The molecule has 41 heavy (non-hydrogen) atoms. The summed E-state index contributed by atoms with van der Waals surface area (Å²) in [5.74, 6) is 0. The molecule has 0 aliphatic rings. The van der Waals surface area contributed by atoms with Gasteiger partial charge in [-0.2, -0.15) is 0 Å². The molecule has 198 valence electrons. The van der Waals surface area contributed by atoms with Crippen LogP contribution in [0.4, 0.5) is 0 Å². The molecule has 7 aromatic rings. The average Bonchev–Trinajstić information content (AvgIpc) is 3.35. The predicted octanol–water partition coefficient (Wildman–Crippen LogP) is 10.5. The molecule has 2 heterocycles. The van der Waals surface area contributed by atoms with Crippen molar-refractivity contribution in [1.29, 1.82) is 0 Å². The minimum absolute atomic E-state index is 0.0538. The Hall–Kier alpha value is -4.95. The highest BCUT2D eigenvalue weighted by Crippen LogP contribution is 2.39. The number of nitrogens with zero attached hydrogens (tertiary/aromatic N) is 2. The molecule has 0 aliphatic heterocycles. The minimum atomic E-state index is 0.0538. The second-order valence-electron chi connectivity index (χ2n) is 11.7. The maximum atomic E-state index is 5.12. The highest BCUT2D eigenvalue weighted by atomic mass is 15.0. The van der Waals surface area contributed by atoms with E-state index in [-0.39, 0.29) is 5.41 Å². The van der Waals surface area contributed by atoms with E-state index in [2.05, 4.69) is 153 Å². The topological polar surface area (TPSA) is 17.8 Å². The van der Waals surface area contributed by atoms with Gasteiger partial charge >= 0.3 is 0 Å². The molecule has 2 aromatic heterocycles. The van der Waals surface area contributed by atoms with Gasteiger partial charge in [0, 0.05) is 21.9 Å². The summed E-state index contributed by atoms with van der Waals surface area (Å²) in [6.45, 7) is 6.86. The molecule has 0 saturated heterocycles. The maximum Gasteiger partial charge on any atom is 0.0730 e. The molecule has 0 aliphatic carbocycles. The SMILES string of the molecule is CC(C)(C)c1ccccc1-c1ccc2c(c1)c1ccccc1n2-c1cc(-c2ccccc2)nc(-c2ccccc2)c1. The Morgan fingerprint density at radius 1 is 0.488 bits per heavy atom. The van der Waals surface area contributed by atoms with E-state index in [1.165, 1.54) is 38.5 Å². The van der Waals surface area contributed by atoms with Gasteiger partial charge in [-0.1, -0.05) is 130 Å². The van der Waals surface area contributed by atoms with E-state index >= 15 is 0 Å². The Morgan fingerprint density at radius 3 is 1.71 bits per heavy atom. The third kappa shape index (κ3) is 4.52. The van der Waals surface area contributed by atoms with Crippen LogP contribution in [0, 0.1) is 0 Å². The monoisotopic (exact) mass is 528 g/mol. The van der Waals surface area contributed by atoms with Gasteiger partial charge in [0.25, 0.3) is 0 Å². The van der Waals surface area contributed by atoms with E-state index in [1.807, 2.05) is 12.1 Å². The van der Waals surface area contributed by atoms with E-state index in [9.17, 15) is 0 Å². The van der Waals surface area contributed by atoms with E-state index in [0.717, 1.165) is 28.2 Å². The number of pyridine rings is 1. The third-order valence-corrected chi connectivity index (χ3v) is 7.93. The number of hydrogen-bond donors (Lipinski definition) is 0. The Morgan fingerprint density at radius 2 is 1.05 bits per heavy atom. The van der Waals surface area contributed by atoms with E-state index < -0.39 is 0 Å². The molecule has 2 nitrogen and oxygen atoms in total. The van der Waals surface area contributed by atoms with Crippen molar-refractivity contribution in [3.05, 3.63) is 145 Å². The van der Waals surface area contributed by atoms with Gasteiger partial charge in [0.15, 0.2) is 0 Å². The van der Waals surface area contributed by atoms with Crippen molar-refractivity contribution in [2.24, 2.45) is 0 Å². The molecule has 0 N–H and O–H groups in total. The van der Waals surface area contributed by atoms with Gasteiger partial charge in [0.1, 0.15) is 0 Å². The van der Waals surface area contributed by atoms with Crippen LogP contribution in [0.25, 0.3) is 61.1 Å². The Labute approximate surface area is 241 Å². The van der Waals surface area contributed by atoms with Gasteiger partial charge in [-0.3, -0.25) is 0 Å². The van der Waals surface area contributed by atoms with Crippen LogP contribution in [0.15, 0.2) is 140 Å². The predicted molar refractivity (Wildman–Crippen MR) is 174 cm³/mol. The van der Waals surface area contributed by atoms with Gasteiger partial charge in [-0.25, -0.2) is 4.98 Å². The van der Waals surface area contributed by atoms with Crippen LogP contribution in [-0.2, 0) is 5.41 Å². The molecule has 0 saturated carbocycles. The third-order valence-electron chi connectivity index (χ3n) is 7.93. The van der Waals surface area contributed by atoms with E-state index in [0.29, 0.717) is 0 Å². The summed E-state index contributed by atoms with van der Waals surface area (Å²) in [6.07, 6.45) is 0. The normalized spacial score (nSPS) is 11.8. The summed E-state index contributed by atoms with van der Waals surface area (Å²) in [7, 11) is 0. The number of para-hydroxylation sites is 1. The molecule has 0 bridgehead atoms. The van der Waals surface area contributed by atoms with Gasteiger partial charge in [0.2, 0.25) is 0 Å². The van der Waals surface area contributed by atoms with E-state index in [4.69, 9.17) is 4.98 Å². The zero-order chi connectivity index (χ0) is 28.0. The quantitative estimate of drug-likeness (QED) is 0.222. The number of aromatic nitrogens is 2. The molecule has 2 heteroatoms. The van der Waals surface area contributed by atoms with Crippen LogP contribution in [0.2, 0.25) is 0 Å². The molecule has 0 amide bonds. The van der Waals surface area contributed by atoms with Crippen molar-refractivity contribution < 1.29 is 0 Å². The lowest BCUT2D eigenvalue weighted by Crippen LogP contribution is -2.12. The van der Waals surface area contributed by atoms with Gasteiger partial charge in [-0.05, 0) is 52.4 Å². The number of benzene rings is 5. The second-order valence-corrected chi connectivity index (χ2v) is 11.7. The van der Waals surface area contributed by atoms with Gasteiger partial charge in [0.05, 0.1) is 28.1 Å². The van der Waals surface area contributed by atoms with Crippen LogP contribution in [0.5, 0.6) is 0 Å². The number of rotatable bonds is 4. The largest absolute Gasteiger partial charge is 0.309 e. The van der Waals surface area contributed by atoms with Crippen molar-refractivity contribution in [3.8, 4) is 39.3 Å². The Balaban J connectivity index is 1.50. The van der Waals surface area contributed by atoms with Crippen LogP contribution in [0.3, 0.4) is 0 Å². The summed E-state index contributed by atoms with van der Waals surface area (Å²) < 4.78 is 2.39. The molecular formula is C39H32N2. The summed E-state index contributed by atoms with van der Waals surface area (Å²) in [5, 5.41) is 2.50. The van der Waals surface area contributed by atoms with Crippen molar-refractivity contribution in [1.82, 2.24) is 9.55 Å². The number of hydrogen-bond acceptors (Lipinski definition) is 1. The Kier molecular flexibility index (Phi) is 6.05. The molecule has 0 radical (unpaired) electrons. The minimum Gasteiger partial charge on any atom is -0.309 e. The van der Waals surface area contributed by atoms with E-state index in [1.54, 1.807) is 0 Å². The smallest absolute Gasteiger partial charge is 0.0730 e. The molecule has 0 unspecified atom stereocenters. The lowest BCUT2D eigenvalue weighted by molar-refractivity contribution is 0.592. The van der Waals surface area contributed by atoms with Crippen molar-refractivity contribution in [2.75, 3.05) is 0 Å². The lowest BCUT2D eigenvalue weighted by Gasteiger charge is -2.23. The first-order valence-corrected chi connectivity index (χ1v) is 14.2. The zero-order valence-electron chi connectivity index (χ0n) is 23.7. The summed E-state index contributed by atoms with van der Waals surface area (Å²) in [4.78, 5) is 5.12. The summed E-state index contributed by atoms with van der Waals surface area (Å²) in [6, 6.07) is 49.8. The summed E-state index contributed by atoms with van der Waals surface area (Å²) in [5.41, 5.74) is 11.6. The maximum absolute atomic E-state index is 5.12.